The molecule has 0 saturated heterocycles. The van der Waals surface area contributed by atoms with Gasteiger partial charge in [-0.1, -0.05) is 18.2 Å². The molecule has 2 aromatic carbocycles. The molecule has 28 heavy (non-hydrogen) atoms. The molecular weight excluding hydrogens is 392 g/mol. The standard InChI is InChI=1S/C21H20N2O3S2/c1-2-28(25,26)23-12-10-15-13-16(7-8-19(15)23)20(24)14-27-21-9-11-22-18-6-4-3-5-17(18)21/h3-9,11,13H,2,10,12,14H2,1H3. The Labute approximate surface area is 168 Å². The number of carbonyl (C=O) groups excluding carboxylic acids is 1. The van der Waals surface area contributed by atoms with Gasteiger partial charge >= 0.3 is 0 Å². The zero-order chi connectivity index (χ0) is 19.7. The van der Waals surface area contributed by atoms with Crippen molar-refractivity contribution in [2.75, 3.05) is 22.4 Å². The highest BCUT2D eigenvalue weighted by atomic mass is 32.2. The quantitative estimate of drug-likeness (QED) is 0.453. The van der Waals surface area contributed by atoms with E-state index in [9.17, 15) is 13.2 Å². The van der Waals surface area contributed by atoms with Gasteiger partial charge < -0.3 is 0 Å². The number of hydrogen-bond donors (Lipinski definition) is 0. The lowest BCUT2D eigenvalue weighted by atomic mass is 10.1. The van der Waals surface area contributed by atoms with E-state index < -0.39 is 10.0 Å². The van der Waals surface area contributed by atoms with Crippen LogP contribution < -0.4 is 4.31 Å². The van der Waals surface area contributed by atoms with E-state index >= 15 is 0 Å². The van der Waals surface area contributed by atoms with Crippen LogP contribution >= 0.6 is 11.8 Å². The molecule has 0 N–H and O–H groups in total. The van der Waals surface area contributed by atoms with Gasteiger partial charge in [0.1, 0.15) is 0 Å². The third-order valence-corrected chi connectivity index (χ3v) is 7.78. The Kier molecular flexibility index (Phi) is 5.12. The van der Waals surface area contributed by atoms with Crippen molar-refractivity contribution < 1.29 is 13.2 Å². The number of sulfonamides is 1. The number of benzene rings is 2. The maximum atomic E-state index is 12.7. The van der Waals surface area contributed by atoms with E-state index in [1.54, 1.807) is 25.3 Å². The zero-order valence-corrected chi connectivity index (χ0v) is 17.1. The molecule has 144 valence electrons. The Morgan fingerprint density at radius 2 is 2.00 bits per heavy atom. The van der Waals surface area contributed by atoms with E-state index in [0.717, 1.165) is 21.4 Å². The van der Waals surface area contributed by atoms with Crippen molar-refractivity contribution in [3.05, 3.63) is 65.9 Å². The van der Waals surface area contributed by atoms with Gasteiger partial charge in [0.2, 0.25) is 10.0 Å². The van der Waals surface area contributed by atoms with Crippen LogP contribution in [0.4, 0.5) is 5.69 Å². The molecule has 0 atom stereocenters. The van der Waals surface area contributed by atoms with Crippen molar-refractivity contribution in [3.8, 4) is 0 Å². The average molecular weight is 413 g/mol. The Balaban J connectivity index is 1.52. The number of thioether (sulfide) groups is 1. The fourth-order valence-electron chi connectivity index (χ4n) is 3.41. The Morgan fingerprint density at radius 1 is 1.18 bits per heavy atom. The van der Waals surface area contributed by atoms with E-state index in [2.05, 4.69) is 4.98 Å². The summed E-state index contributed by atoms with van der Waals surface area (Å²) in [5, 5.41) is 1.04. The first-order valence-corrected chi connectivity index (χ1v) is 11.7. The monoisotopic (exact) mass is 412 g/mol. The molecule has 5 nitrogen and oxygen atoms in total. The highest BCUT2D eigenvalue weighted by Gasteiger charge is 2.28. The van der Waals surface area contributed by atoms with E-state index in [0.29, 0.717) is 30.0 Å². The van der Waals surface area contributed by atoms with Crippen LogP contribution in [0, 0.1) is 0 Å². The number of ketones is 1. The summed E-state index contributed by atoms with van der Waals surface area (Å²) < 4.78 is 25.9. The highest BCUT2D eigenvalue weighted by Crippen LogP contribution is 2.32. The van der Waals surface area contributed by atoms with Crippen molar-refractivity contribution >= 4 is 44.2 Å². The van der Waals surface area contributed by atoms with E-state index in [-0.39, 0.29) is 11.5 Å². The summed E-state index contributed by atoms with van der Waals surface area (Å²) in [6.07, 6.45) is 2.39. The predicted octanol–water partition coefficient (Wildman–Crippen LogP) is 3.92. The summed E-state index contributed by atoms with van der Waals surface area (Å²) in [5.74, 6) is 0.429. The van der Waals surface area contributed by atoms with Gasteiger partial charge in [-0.25, -0.2) is 8.42 Å². The zero-order valence-electron chi connectivity index (χ0n) is 15.5. The molecule has 1 aliphatic rings. The maximum Gasteiger partial charge on any atom is 0.234 e. The van der Waals surface area contributed by atoms with Crippen LogP contribution in [0.3, 0.4) is 0 Å². The van der Waals surface area contributed by atoms with Crippen LogP contribution in [0.1, 0.15) is 22.8 Å². The molecule has 1 aromatic heterocycles. The summed E-state index contributed by atoms with van der Waals surface area (Å²) >= 11 is 1.50. The molecule has 0 unspecified atom stereocenters. The summed E-state index contributed by atoms with van der Waals surface area (Å²) in [6, 6.07) is 15.1. The summed E-state index contributed by atoms with van der Waals surface area (Å²) in [6.45, 7) is 2.09. The Bertz CT molecular complexity index is 1150. The van der Waals surface area contributed by atoms with Gasteiger partial charge in [-0.2, -0.15) is 0 Å². The fraction of sp³-hybridized carbons (Fsp3) is 0.238. The molecular formula is C21H20N2O3S2. The lowest BCUT2D eigenvalue weighted by Gasteiger charge is -2.18. The van der Waals surface area contributed by atoms with Crippen LogP contribution in [0.15, 0.2) is 59.6 Å². The fourth-order valence-corrected chi connectivity index (χ4v) is 5.51. The summed E-state index contributed by atoms with van der Waals surface area (Å²) in [7, 11) is -3.27. The number of para-hydroxylation sites is 1. The van der Waals surface area contributed by atoms with Gasteiger partial charge in [0.15, 0.2) is 5.78 Å². The Morgan fingerprint density at radius 3 is 2.82 bits per heavy atom. The third-order valence-electron chi connectivity index (χ3n) is 4.92. The number of Topliss-reactive ketones (excluding diaryl/α,β-unsaturated/α-hetero) is 1. The first kappa shape index (κ1) is 19.0. The van der Waals surface area contributed by atoms with Crippen LogP contribution in [0.25, 0.3) is 10.9 Å². The second-order valence-corrected chi connectivity index (χ2v) is 9.80. The average Bonchev–Trinajstić information content (AvgIpc) is 3.16. The number of fused-ring (bicyclic) bond motifs is 2. The van der Waals surface area contributed by atoms with E-state index in [1.165, 1.54) is 16.1 Å². The minimum Gasteiger partial charge on any atom is -0.293 e. The first-order chi connectivity index (χ1) is 13.5. The van der Waals surface area contributed by atoms with Crippen molar-refractivity contribution in [3.63, 3.8) is 0 Å². The molecule has 3 aromatic rings. The maximum absolute atomic E-state index is 12.7. The van der Waals surface area contributed by atoms with Gasteiger partial charge in [-0.15, -0.1) is 11.8 Å². The van der Waals surface area contributed by atoms with Crippen molar-refractivity contribution in [1.82, 2.24) is 4.98 Å². The van der Waals surface area contributed by atoms with Gasteiger partial charge in [0, 0.05) is 28.6 Å². The molecule has 0 amide bonds. The topological polar surface area (TPSA) is 67.3 Å². The van der Waals surface area contributed by atoms with Gasteiger partial charge in [-0.05, 0) is 49.2 Å². The second-order valence-electron chi connectivity index (χ2n) is 6.60. The molecule has 4 rings (SSSR count). The largest absolute Gasteiger partial charge is 0.293 e. The number of carbonyl (C=O) groups is 1. The molecule has 0 saturated carbocycles. The minimum atomic E-state index is -3.27. The molecule has 0 aliphatic carbocycles. The molecule has 0 radical (unpaired) electrons. The molecule has 0 spiro atoms. The number of pyridine rings is 1. The smallest absolute Gasteiger partial charge is 0.234 e. The van der Waals surface area contributed by atoms with Gasteiger partial charge in [-0.3, -0.25) is 14.1 Å². The minimum absolute atomic E-state index is 0.0329. The second kappa shape index (κ2) is 7.56. The molecule has 0 fully saturated rings. The third kappa shape index (κ3) is 3.52. The number of hydrogen-bond acceptors (Lipinski definition) is 5. The molecule has 0 bridgehead atoms. The predicted molar refractivity (Wildman–Crippen MR) is 114 cm³/mol. The lowest BCUT2D eigenvalue weighted by Crippen LogP contribution is -2.30. The van der Waals surface area contributed by atoms with Gasteiger partial charge in [0.25, 0.3) is 0 Å². The van der Waals surface area contributed by atoms with Crippen LogP contribution in [-0.4, -0.2) is 37.2 Å². The Hall–Kier alpha value is -2.38. The normalized spacial score (nSPS) is 13.7. The van der Waals surface area contributed by atoms with Crippen molar-refractivity contribution in [2.24, 2.45) is 0 Å². The number of anilines is 1. The van der Waals surface area contributed by atoms with Crippen LogP contribution in [0.2, 0.25) is 0 Å². The molecule has 2 heterocycles. The van der Waals surface area contributed by atoms with Crippen molar-refractivity contribution in [1.29, 1.82) is 0 Å². The highest BCUT2D eigenvalue weighted by molar-refractivity contribution is 8.00. The number of rotatable bonds is 6. The molecule has 7 heteroatoms. The first-order valence-electron chi connectivity index (χ1n) is 9.12. The summed E-state index contributed by atoms with van der Waals surface area (Å²) in [4.78, 5) is 18.1. The lowest BCUT2D eigenvalue weighted by molar-refractivity contribution is 0.102. The van der Waals surface area contributed by atoms with Crippen LogP contribution in [0.5, 0.6) is 0 Å². The summed E-state index contributed by atoms with van der Waals surface area (Å²) in [5.41, 5.74) is 3.16. The number of nitrogens with zero attached hydrogens (tertiary/aromatic N) is 2. The van der Waals surface area contributed by atoms with E-state index in [1.807, 2.05) is 36.4 Å². The van der Waals surface area contributed by atoms with Gasteiger partial charge in [0.05, 0.1) is 22.7 Å². The van der Waals surface area contributed by atoms with Crippen molar-refractivity contribution in [2.45, 2.75) is 18.2 Å². The number of aromatic nitrogens is 1. The van der Waals surface area contributed by atoms with Crippen LogP contribution in [-0.2, 0) is 16.4 Å². The SMILES string of the molecule is CCS(=O)(=O)N1CCc2cc(C(=O)CSc3ccnc4ccccc34)ccc21. The van der Waals surface area contributed by atoms with E-state index in [4.69, 9.17) is 0 Å². The molecule has 1 aliphatic heterocycles.